The van der Waals surface area contributed by atoms with Gasteiger partial charge < -0.3 is 19.5 Å². The molecule has 1 N–H and O–H groups in total. The van der Waals surface area contributed by atoms with Gasteiger partial charge >= 0.3 is 12.3 Å². The Hall–Kier alpha value is -2.64. The number of carbonyl (C=O) groups excluding carboxylic acids is 1. The van der Waals surface area contributed by atoms with Crippen LogP contribution < -0.4 is 10.1 Å². The molecule has 0 aromatic heterocycles. The first-order valence-corrected chi connectivity index (χ1v) is 9.19. The van der Waals surface area contributed by atoms with E-state index in [-0.39, 0.29) is 24.0 Å². The van der Waals surface area contributed by atoms with Gasteiger partial charge in [0.15, 0.2) is 0 Å². The van der Waals surface area contributed by atoms with Crippen LogP contribution in [0.15, 0.2) is 23.8 Å². The number of hydrogen-bond donors (Lipinski definition) is 1. The highest BCUT2D eigenvalue weighted by atomic mass is 19.3. The van der Waals surface area contributed by atoms with Crippen LogP contribution in [0.25, 0.3) is 6.08 Å². The van der Waals surface area contributed by atoms with E-state index in [4.69, 9.17) is 14.2 Å². The third kappa shape index (κ3) is 6.71. The Morgan fingerprint density at radius 1 is 1.47 bits per heavy atom. The lowest BCUT2D eigenvalue weighted by molar-refractivity contribution is -0.168. The Bertz CT molecular complexity index is 802. The summed E-state index contributed by atoms with van der Waals surface area (Å²) in [7, 11) is 1.35. The van der Waals surface area contributed by atoms with Crippen LogP contribution in [-0.4, -0.2) is 51.2 Å². The minimum absolute atomic E-state index is 0.0787. The number of ether oxygens (including phenoxy) is 3. The molecule has 0 spiro atoms. The highest BCUT2D eigenvalue weighted by molar-refractivity contribution is 6.01. The first kappa shape index (κ1) is 23.6. The molecule has 164 valence electrons. The molecular weight excluding hydrogens is 408 g/mol. The SMILES string of the molecule is COc1ccc(C=C(C#N)C(=O)NCC2CCCO2)cc1COCC(F)(F)C(F)F. The zero-order chi connectivity index (χ0) is 22.1. The van der Waals surface area contributed by atoms with Gasteiger partial charge in [-0.15, -0.1) is 0 Å². The van der Waals surface area contributed by atoms with Crippen LogP contribution in [0, 0.1) is 11.3 Å². The van der Waals surface area contributed by atoms with E-state index < -0.39 is 31.5 Å². The van der Waals surface area contributed by atoms with Crippen molar-refractivity contribution in [3.8, 4) is 11.8 Å². The average Bonchev–Trinajstić information content (AvgIpc) is 3.23. The van der Waals surface area contributed by atoms with E-state index in [0.29, 0.717) is 17.7 Å². The maximum Gasteiger partial charge on any atom is 0.330 e. The standard InChI is InChI=1S/C20H22F4N2O4/c1-28-17-5-4-13(8-15(17)11-29-12-20(23,24)19(21)22)7-14(9-25)18(27)26-10-16-3-2-6-30-16/h4-5,7-8,16,19H,2-3,6,10-12H2,1H3,(H,26,27). The summed E-state index contributed by atoms with van der Waals surface area (Å²) in [5.74, 6) is -4.55. The van der Waals surface area contributed by atoms with Crippen molar-refractivity contribution in [2.75, 3.05) is 26.9 Å². The molecule has 1 saturated heterocycles. The fourth-order valence-corrected chi connectivity index (χ4v) is 2.78. The van der Waals surface area contributed by atoms with Crippen molar-refractivity contribution < 1.29 is 36.6 Å². The number of methoxy groups -OCH3 is 1. The van der Waals surface area contributed by atoms with Gasteiger partial charge in [0, 0.05) is 18.7 Å². The van der Waals surface area contributed by atoms with E-state index in [0.717, 1.165) is 12.8 Å². The van der Waals surface area contributed by atoms with E-state index in [2.05, 4.69) is 5.32 Å². The summed E-state index contributed by atoms with van der Waals surface area (Å²) < 4.78 is 65.7. The van der Waals surface area contributed by atoms with Crippen molar-refractivity contribution in [1.29, 1.82) is 5.26 Å². The number of halogens is 4. The Balaban J connectivity index is 2.07. The van der Waals surface area contributed by atoms with Crippen molar-refractivity contribution in [2.24, 2.45) is 0 Å². The van der Waals surface area contributed by atoms with Crippen molar-refractivity contribution >= 4 is 12.0 Å². The van der Waals surface area contributed by atoms with Gasteiger partial charge in [-0.05, 0) is 36.6 Å². The normalized spacial score (nSPS) is 17.1. The van der Waals surface area contributed by atoms with E-state index in [1.807, 2.05) is 6.07 Å². The number of amides is 1. The molecule has 1 atom stereocenters. The van der Waals surface area contributed by atoms with E-state index in [1.165, 1.54) is 25.3 Å². The molecule has 1 heterocycles. The Morgan fingerprint density at radius 2 is 2.23 bits per heavy atom. The van der Waals surface area contributed by atoms with E-state index in [9.17, 15) is 27.6 Å². The number of nitriles is 1. The molecule has 0 bridgehead atoms. The number of alkyl halides is 4. The third-order valence-corrected chi connectivity index (χ3v) is 4.37. The van der Waals surface area contributed by atoms with Crippen LogP contribution in [0.3, 0.4) is 0 Å². The molecule has 1 aromatic carbocycles. The lowest BCUT2D eigenvalue weighted by Gasteiger charge is -2.16. The molecule has 1 aliphatic rings. The molecule has 1 aromatic rings. The summed E-state index contributed by atoms with van der Waals surface area (Å²) in [6.07, 6.45) is -0.841. The Labute approximate surface area is 171 Å². The summed E-state index contributed by atoms with van der Waals surface area (Å²) in [6, 6.07) is 6.33. The predicted molar refractivity (Wildman–Crippen MR) is 99.2 cm³/mol. The topological polar surface area (TPSA) is 80.6 Å². The minimum Gasteiger partial charge on any atom is -0.496 e. The van der Waals surface area contributed by atoms with Crippen molar-refractivity contribution in [3.63, 3.8) is 0 Å². The van der Waals surface area contributed by atoms with Crippen LogP contribution in [0.5, 0.6) is 5.75 Å². The van der Waals surface area contributed by atoms with Gasteiger partial charge in [-0.1, -0.05) is 6.07 Å². The number of benzene rings is 1. The average molecular weight is 430 g/mol. The largest absolute Gasteiger partial charge is 0.496 e. The lowest BCUT2D eigenvalue weighted by Crippen LogP contribution is -2.32. The monoisotopic (exact) mass is 430 g/mol. The Kier molecular flexibility index (Phi) is 8.62. The summed E-state index contributed by atoms with van der Waals surface area (Å²) in [4.78, 5) is 12.2. The van der Waals surface area contributed by atoms with Gasteiger partial charge in [0.1, 0.15) is 24.0 Å². The summed E-state index contributed by atoms with van der Waals surface area (Å²) in [6.45, 7) is -0.942. The van der Waals surface area contributed by atoms with Crippen LogP contribution in [0.2, 0.25) is 0 Å². The molecule has 0 radical (unpaired) electrons. The molecule has 1 amide bonds. The lowest BCUT2D eigenvalue weighted by atomic mass is 10.1. The molecule has 2 rings (SSSR count). The van der Waals surface area contributed by atoms with E-state index in [1.54, 1.807) is 6.07 Å². The number of hydrogen-bond acceptors (Lipinski definition) is 5. The zero-order valence-electron chi connectivity index (χ0n) is 16.3. The maximum absolute atomic E-state index is 13.0. The van der Waals surface area contributed by atoms with Crippen molar-refractivity contribution in [2.45, 2.75) is 37.9 Å². The van der Waals surface area contributed by atoms with Gasteiger partial charge in [0.2, 0.25) is 0 Å². The van der Waals surface area contributed by atoms with Crippen molar-refractivity contribution in [1.82, 2.24) is 5.32 Å². The fourth-order valence-electron chi connectivity index (χ4n) is 2.78. The van der Waals surface area contributed by atoms with Crippen LogP contribution in [-0.2, 0) is 20.9 Å². The van der Waals surface area contributed by atoms with Gasteiger partial charge in [0.25, 0.3) is 5.91 Å². The maximum atomic E-state index is 13.0. The third-order valence-electron chi connectivity index (χ3n) is 4.37. The smallest absolute Gasteiger partial charge is 0.330 e. The Morgan fingerprint density at radius 3 is 2.83 bits per heavy atom. The first-order chi connectivity index (χ1) is 14.3. The summed E-state index contributed by atoms with van der Waals surface area (Å²) in [5, 5.41) is 11.9. The summed E-state index contributed by atoms with van der Waals surface area (Å²) >= 11 is 0. The molecule has 6 nitrogen and oxygen atoms in total. The second-order valence-electron chi connectivity index (χ2n) is 6.64. The number of carbonyl (C=O) groups is 1. The number of nitrogens with zero attached hydrogens (tertiary/aromatic N) is 1. The molecule has 1 fully saturated rings. The molecule has 0 saturated carbocycles. The fraction of sp³-hybridized carbons (Fsp3) is 0.500. The van der Waals surface area contributed by atoms with Crippen LogP contribution >= 0.6 is 0 Å². The van der Waals surface area contributed by atoms with Gasteiger partial charge in [0.05, 0.1) is 19.8 Å². The van der Waals surface area contributed by atoms with Gasteiger partial charge in [-0.2, -0.15) is 14.0 Å². The molecule has 1 aliphatic heterocycles. The highest BCUT2D eigenvalue weighted by Gasteiger charge is 2.41. The van der Waals surface area contributed by atoms with Crippen molar-refractivity contribution in [3.05, 3.63) is 34.9 Å². The molecule has 1 unspecified atom stereocenters. The number of rotatable bonds is 10. The minimum atomic E-state index is -4.26. The summed E-state index contributed by atoms with van der Waals surface area (Å²) in [5.41, 5.74) is 0.557. The molecular formula is C20H22F4N2O4. The first-order valence-electron chi connectivity index (χ1n) is 9.19. The predicted octanol–water partition coefficient (Wildman–Crippen LogP) is 3.31. The van der Waals surface area contributed by atoms with E-state index >= 15 is 0 Å². The molecule has 0 aliphatic carbocycles. The zero-order valence-corrected chi connectivity index (χ0v) is 16.3. The quantitative estimate of drug-likeness (QED) is 0.350. The molecule has 10 heteroatoms. The second-order valence-corrected chi connectivity index (χ2v) is 6.64. The van der Waals surface area contributed by atoms with Gasteiger partial charge in [-0.25, -0.2) is 8.78 Å². The van der Waals surface area contributed by atoms with Gasteiger partial charge in [-0.3, -0.25) is 4.79 Å². The van der Waals surface area contributed by atoms with Crippen LogP contribution in [0.4, 0.5) is 17.6 Å². The second kappa shape index (κ2) is 10.9. The highest BCUT2D eigenvalue weighted by Crippen LogP contribution is 2.26. The molecule has 30 heavy (non-hydrogen) atoms. The number of nitrogens with one attached hydrogen (secondary N) is 1. The van der Waals surface area contributed by atoms with Crippen LogP contribution in [0.1, 0.15) is 24.0 Å².